The van der Waals surface area contributed by atoms with Gasteiger partial charge in [0.05, 0.1) is 6.20 Å². The maximum Gasteiger partial charge on any atom is 0.288 e. The van der Waals surface area contributed by atoms with Crippen molar-refractivity contribution in [2.45, 2.75) is 25.9 Å². The number of amides is 1. The highest BCUT2D eigenvalue weighted by Gasteiger charge is 2.13. The van der Waals surface area contributed by atoms with Crippen LogP contribution in [0.3, 0.4) is 0 Å². The van der Waals surface area contributed by atoms with Crippen molar-refractivity contribution < 1.29 is 4.79 Å². The van der Waals surface area contributed by atoms with Crippen molar-refractivity contribution in [2.24, 2.45) is 0 Å². The number of nitrogens with zero attached hydrogens (tertiary/aromatic N) is 2. The molecule has 0 unspecified atom stereocenters. The molecule has 4 aromatic rings. The van der Waals surface area contributed by atoms with Crippen LogP contribution in [0.2, 0.25) is 0 Å². The van der Waals surface area contributed by atoms with E-state index in [0.717, 1.165) is 21.9 Å². The summed E-state index contributed by atoms with van der Waals surface area (Å²) in [6, 6.07) is 17.7. The Balaban J connectivity index is 1.47. The summed E-state index contributed by atoms with van der Waals surface area (Å²) in [4.78, 5) is 24.4. The first-order chi connectivity index (χ1) is 13.2. The average molecular weight is 360 g/mol. The van der Waals surface area contributed by atoms with Gasteiger partial charge in [-0.15, -0.1) is 0 Å². The number of hydrogen-bond acceptors (Lipinski definition) is 3. The van der Waals surface area contributed by atoms with Gasteiger partial charge >= 0.3 is 0 Å². The summed E-state index contributed by atoms with van der Waals surface area (Å²) in [5, 5.41) is 11.2. The summed E-state index contributed by atoms with van der Waals surface area (Å²) >= 11 is 0. The molecule has 6 heteroatoms. The van der Waals surface area contributed by atoms with Crippen LogP contribution in [0.1, 0.15) is 18.4 Å². The Labute approximate surface area is 155 Å². The van der Waals surface area contributed by atoms with Gasteiger partial charge in [0.15, 0.2) is 0 Å². The molecule has 136 valence electrons. The van der Waals surface area contributed by atoms with Gasteiger partial charge in [-0.05, 0) is 18.1 Å². The van der Waals surface area contributed by atoms with Crippen molar-refractivity contribution in [3.05, 3.63) is 76.7 Å². The number of fused-ring (bicyclic) bond motifs is 3. The first-order valence-electron chi connectivity index (χ1n) is 8.99. The summed E-state index contributed by atoms with van der Waals surface area (Å²) in [5.41, 5.74) is 2.45. The molecule has 0 saturated carbocycles. The number of aromatic nitrogens is 3. The van der Waals surface area contributed by atoms with Crippen LogP contribution < -0.4 is 10.9 Å². The van der Waals surface area contributed by atoms with Crippen LogP contribution in [0.15, 0.2) is 65.6 Å². The lowest BCUT2D eigenvalue weighted by Gasteiger charge is -2.08. The van der Waals surface area contributed by atoms with Gasteiger partial charge in [-0.1, -0.05) is 48.5 Å². The zero-order valence-electron chi connectivity index (χ0n) is 14.8. The number of benzene rings is 2. The fraction of sp³-hybridized carbons (Fsp3) is 0.190. The highest BCUT2D eigenvalue weighted by molar-refractivity contribution is 6.07. The summed E-state index contributed by atoms with van der Waals surface area (Å²) in [7, 11) is 0. The summed E-state index contributed by atoms with van der Waals surface area (Å²) in [6.45, 7) is 1.12. The third-order valence-electron chi connectivity index (χ3n) is 4.70. The van der Waals surface area contributed by atoms with Crippen molar-refractivity contribution in [1.82, 2.24) is 20.1 Å². The standard InChI is InChI=1S/C21H20N4O2/c26-19(22-13-15-7-2-1-3-8-15)11-6-12-25-18-10-5-4-9-16(18)17-14-23-24-21(27)20(17)25/h1-5,7-10,14H,6,11-13H2,(H,22,26)(H,24,27). The van der Waals surface area contributed by atoms with Crippen LogP contribution in [0.25, 0.3) is 21.8 Å². The fourth-order valence-corrected chi connectivity index (χ4v) is 3.43. The van der Waals surface area contributed by atoms with Gasteiger partial charge in [-0.2, -0.15) is 5.10 Å². The quantitative estimate of drug-likeness (QED) is 0.555. The van der Waals surface area contributed by atoms with Gasteiger partial charge in [0.25, 0.3) is 5.56 Å². The Hall–Kier alpha value is -3.41. The van der Waals surface area contributed by atoms with Gasteiger partial charge in [-0.25, -0.2) is 5.10 Å². The van der Waals surface area contributed by atoms with Gasteiger partial charge in [0.2, 0.25) is 5.91 Å². The van der Waals surface area contributed by atoms with Gasteiger partial charge in [0.1, 0.15) is 5.52 Å². The van der Waals surface area contributed by atoms with Crippen molar-refractivity contribution in [3.8, 4) is 0 Å². The van der Waals surface area contributed by atoms with E-state index in [1.165, 1.54) is 0 Å². The summed E-state index contributed by atoms with van der Waals surface area (Å²) in [5.74, 6) is 0.00944. The van der Waals surface area contributed by atoms with Crippen molar-refractivity contribution >= 4 is 27.7 Å². The SMILES string of the molecule is O=C(CCCn1c2ccccc2c2cn[nH]c(=O)c21)NCc1ccccc1. The van der Waals surface area contributed by atoms with E-state index in [1.54, 1.807) is 6.20 Å². The van der Waals surface area contributed by atoms with Crippen molar-refractivity contribution in [1.29, 1.82) is 0 Å². The molecule has 0 atom stereocenters. The van der Waals surface area contributed by atoms with Gasteiger partial charge < -0.3 is 9.88 Å². The molecule has 0 aliphatic heterocycles. The monoisotopic (exact) mass is 360 g/mol. The van der Waals surface area contributed by atoms with Crippen LogP contribution in [0.5, 0.6) is 0 Å². The Morgan fingerprint density at radius 2 is 1.81 bits per heavy atom. The smallest absolute Gasteiger partial charge is 0.288 e. The zero-order valence-corrected chi connectivity index (χ0v) is 14.8. The van der Waals surface area contributed by atoms with Crippen molar-refractivity contribution in [3.63, 3.8) is 0 Å². The Bertz CT molecular complexity index is 1150. The largest absolute Gasteiger partial charge is 0.352 e. The van der Waals surface area contributed by atoms with Crippen LogP contribution in [-0.4, -0.2) is 20.7 Å². The van der Waals surface area contributed by atoms with Crippen LogP contribution in [0, 0.1) is 0 Å². The number of carbonyl (C=O) groups excluding carboxylic acids is 1. The first kappa shape index (κ1) is 17.0. The molecular formula is C21H20N4O2. The van der Waals surface area contributed by atoms with Crippen LogP contribution in [0.4, 0.5) is 0 Å². The molecule has 2 heterocycles. The second kappa shape index (κ2) is 7.45. The minimum atomic E-state index is -0.211. The zero-order chi connectivity index (χ0) is 18.6. The lowest BCUT2D eigenvalue weighted by molar-refractivity contribution is -0.121. The molecule has 4 rings (SSSR count). The number of aryl methyl sites for hydroxylation is 1. The third-order valence-corrected chi connectivity index (χ3v) is 4.70. The normalized spacial score (nSPS) is 11.1. The highest BCUT2D eigenvalue weighted by Crippen LogP contribution is 2.26. The molecule has 2 aromatic carbocycles. The van der Waals surface area contributed by atoms with E-state index in [4.69, 9.17) is 0 Å². The summed E-state index contributed by atoms with van der Waals surface area (Å²) < 4.78 is 1.98. The fourth-order valence-electron chi connectivity index (χ4n) is 3.43. The Kier molecular flexibility index (Phi) is 4.70. The van der Waals surface area contributed by atoms with E-state index in [0.29, 0.717) is 31.4 Å². The maximum absolute atomic E-state index is 12.3. The van der Waals surface area contributed by atoms with E-state index in [-0.39, 0.29) is 11.5 Å². The molecule has 27 heavy (non-hydrogen) atoms. The van der Waals surface area contributed by atoms with Gasteiger partial charge in [0, 0.05) is 35.8 Å². The number of nitrogens with one attached hydrogen (secondary N) is 2. The molecule has 0 aliphatic carbocycles. The number of para-hydroxylation sites is 1. The van der Waals surface area contributed by atoms with Crippen molar-refractivity contribution in [2.75, 3.05) is 0 Å². The second-order valence-electron chi connectivity index (χ2n) is 6.50. The lowest BCUT2D eigenvalue weighted by Crippen LogP contribution is -2.23. The summed E-state index contributed by atoms with van der Waals surface area (Å²) in [6.07, 6.45) is 2.74. The van der Waals surface area contributed by atoms with Crippen LogP contribution >= 0.6 is 0 Å². The molecule has 0 fully saturated rings. The predicted molar refractivity (Wildman–Crippen MR) is 105 cm³/mol. The van der Waals surface area contributed by atoms with E-state index >= 15 is 0 Å². The minimum Gasteiger partial charge on any atom is -0.352 e. The highest BCUT2D eigenvalue weighted by atomic mass is 16.1. The predicted octanol–water partition coefficient (Wildman–Crippen LogP) is 2.97. The Morgan fingerprint density at radius 3 is 2.67 bits per heavy atom. The molecule has 0 spiro atoms. The third kappa shape index (κ3) is 3.46. The van der Waals surface area contributed by atoms with Gasteiger partial charge in [-0.3, -0.25) is 9.59 Å². The Morgan fingerprint density at radius 1 is 1.04 bits per heavy atom. The first-order valence-corrected chi connectivity index (χ1v) is 8.99. The molecule has 2 N–H and O–H groups in total. The number of carbonyl (C=O) groups is 1. The average Bonchev–Trinajstić information content (AvgIpc) is 3.03. The lowest BCUT2D eigenvalue weighted by atomic mass is 10.2. The van der Waals surface area contributed by atoms with E-state index < -0.39 is 0 Å². The number of H-pyrrole nitrogens is 1. The molecule has 0 radical (unpaired) electrons. The molecule has 2 aromatic heterocycles. The second-order valence-corrected chi connectivity index (χ2v) is 6.50. The molecule has 1 amide bonds. The maximum atomic E-state index is 12.3. The van der Waals surface area contributed by atoms with E-state index in [9.17, 15) is 9.59 Å². The molecule has 0 aliphatic rings. The number of rotatable bonds is 6. The molecule has 0 bridgehead atoms. The van der Waals surface area contributed by atoms with E-state index in [1.807, 2.05) is 59.2 Å². The molecular weight excluding hydrogens is 340 g/mol. The molecule has 6 nitrogen and oxygen atoms in total. The number of aromatic amines is 1. The topological polar surface area (TPSA) is 79.8 Å². The number of hydrogen-bond donors (Lipinski definition) is 2. The van der Waals surface area contributed by atoms with E-state index in [2.05, 4.69) is 15.5 Å². The van der Waals surface area contributed by atoms with Crippen LogP contribution in [-0.2, 0) is 17.9 Å². The molecule has 0 saturated heterocycles. The minimum absolute atomic E-state index is 0.00944.